The van der Waals surface area contributed by atoms with Crippen LogP contribution in [-0.2, 0) is 14.8 Å². The molecule has 0 fully saturated rings. The highest BCUT2D eigenvalue weighted by Crippen LogP contribution is 2.27. The summed E-state index contributed by atoms with van der Waals surface area (Å²) < 4.78 is 25.5. The van der Waals surface area contributed by atoms with E-state index in [1.54, 1.807) is 13.0 Å². The Morgan fingerprint density at radius 2 is 2.17 bits per heavy atom. The molecule has 0 bridgehead atoms. The third-order valence-electron chi connectivity index (χ3n) is 2.26. The summed E-state index contributed by atoms with van der Waals surface area (Å²) in [6.45, 7) is 6.37. The molecule has 18 heavy (non-hydrogen) atoms. The first-order valence-electron chi connectivity index (χ1n) is 5.19. The third-order valence-corrected chi connectivity index (χ3v) is 5.29. The average Bonchev–Trinajstić information content (AvgIpc) is 2.57. The molecule has 1 rings (SSSR count). The lowest BCUT2D eigenvalue weighted by Gasteiger charge is -2.18. The number of sulfonamides is 1. The SMILES string of the molecule is C=CCN(CC(=O)O)S(=O)(=O)c1cc(C)sc1C. The number of hydrogen-bond acceptors (Lipinski definition) is 4. The van der Waals surface area contributed by atoms with Gasteiger partial charge in [-0.3, -0.25) is 4.79 Å². The molecule has 0 unspecified atom stereocenters. The summed E-state index contributed by atoms with van der Waals surface area (Å²) in [4.78, 5) is 12.4. The van der Waals surface area contributed by atoms with Crippen molar-refractivity contribution in [2.45, 2.75) is 18.7 Å². The Morgan fingerprint density at radius 1 is 1.56 bits per heavy atom. The summed E-state index contributed by atoms with van der Waals surface area (Å²) in [6.07, 6.45) is 1.37. The van der Waals surface area contributed by atoms with E-state index in [0.717, 1.165) is 9.18 Å². The lowest BCUT2D eigenvalue weighted by atomic mass is 10.4. The van der Waals surface area contributed by atoms with Crippen molar-refractivity contribution in [3.63, 3.8) is 0 Å². The van der Waals surface area contributed by atoms with E-state index in [2.05, 4.69) is 6.58 Å². The second-order valence-corrected chi connectivity index (χ2v) is 7.12. The summed E-state index contributed by atoms with van der Waals surface area (Å²) in [5.74, 6) is -1.19. The van der Waals surface area contributed by atoms with Gasteiger partial charge < -0.3 is 5.11 Å². The number of aryl methyl sites for hydroxylation is 2. The lowest BCUT2D eigenvalue weighted by Crippen LogP contribution is -2.35. The molecule has 0 aromatic carbocycles. The highest BCUT2D eigenvalue weighted by Gasteiger charge is 2.28. The maximum absolute atomic E-state index is 12.3. The molecule has 5 nitrogen and oxygen atoms in total. The number of carbonyl (C=O) groups is 1. The van der Waals surface area contributed by atoms with E-state index in [1.807, 2.05) is 6.92 Å². The van der Waals surface area contributed by atoms with Crippen molar-refractivity contribution in [2.24, 2.45) is 0 Å². The van der Waals surface area contributed by atoms with Gasteiger partial charge in [0.15, 0.2) is 0 Å². The molecule has 0 spiro atoms. The van der Waals surface area contributed by atoms with Gasteiger partial charge >= 0.3 is 5.97 Å². The van der Waals surface area contributed by atoms with Crippen LogP contribution >= 0.6 is 11.3 Å². The van der Waals surface area contributed by atoms with Gasteiger partial charge in [-0.15, -0.1) is 17.9 Å². The van der Waals surface area contributed by atoms with Crippen LogP contribution in [-0.4, -0.2) is 36.9 Å². The van der Waals surface area contributed by atoms with Gasteiger partial charge in [-0.1, -0.05) is 6.08 Å². The fraction of sp³-hybridized carbons (Fsp3) is 0.364. The second-order valence-electron chi connectivity index (χ2n) is 3.76. The van der Waals surface area contributed by atoms with Gasteiger partial charge in [0.1, 0.15) is 6.54 Å². The monoisotopic (exact) mass is 289 g/mol. The van der Waals surface area contributed by atoms with Gasteiger partial charge in [-0.2, -0.15) is 4.31 Å². The molecule has 1 N–H and O–H groups in total. The minimum absolute atomic E-state index is 0.0248. The van der Waals surface area contributed by atoms with Crippen molar-refractivity contribution in [3.05, 3.63) is 28.5 Å². The van der Waals surface area contributed by atoms with Crippen LogP contribution in [0.1, 0.15) is 9.75 Å². The number of carboxylic acid groups (broad SMARTS) is 1. The van der Waals surface area contributed by atoms with E-state index in [0.29, 0.717) is 4.88 Å². The molecule has 1 aromatic heterocycles. The van der Waals surface area contributed by atoms with Crippen molar-refractivity contribution in [1.82, 2.24) is 4.31 Å². The largest absolute Gasteiger partial charge is 0.480 e. The van der Waals surface area contributed by atoms with E-state index in [4.69, 9.17) is 5.11 Å². The maximum atomic E-state index is 12.3. The Labute approximate surface area is 110 Å². The van der Waals surface area contributed by atoms with E-state index >= 15 is 0 Å². The van der Waals surface area contributed by atoms with Crippen LogP contribution in [0.3, 0.4) is 0 Å². The zero-order chi connectivity index (χ0) is 13.9. The summed E-state index contributed by atoms with van der Waals surface area (Å²) in [5.41, 5.74) is 0. The van der Waals surface area contributed by atoms with Crippen LogP contribution in [0, 0.1) is 13.8 Å². The minimum atomic E-state index is -3.78. The van der Waals surface area contributed by atoms with Gasteiger partial charge in [0, 0.05) is 16.3 Å². The predicted molar refractivity (Wildman–Crippen MR) is 70.4 cm³/mol. The third kappa shape index (κ3) is 3.18. The number of aliphatic carboxylic acids is 1. The van der Waals surface area contributed by atoms with Crippen LogP contribution in [0.15, 0.2) is 23.6 Å². The average molecular weight is 289 g/mol. The lowest BCUT2D eigenvalue weighted by molar-refractivity contribution is -0.137. The van der Waals surface area contributed by atoms with Gasteiger partial charge in [-0.05, 0) is 19.9 Å². The highest BCUT2D eigenvalue weighted by molar-refractivity contribution is 7.89. The molecule has 0 saturated heterocycles. The van der Waals surface area contributed by atoms with E-state index in [1.165, 1.54) is 17.4 Å². The fourth-order valence-corrected chi connectivity index (χ4v) is 4.43. The van der Waals surface area contributed by atoms with Crippen LogP contribution in [0.4, 0.5) is 0 Å². The van der Waals surface area contributed by atoms with Gasteiger partial charge in [0.25, 0.3) is 0 Å². The maximum Gasteiger partial charge on any atom is 0.318 e. The molecule has 0 aliphatic heterocycles. The molecule has 1 heterocycles. The van der Waals surface area contributed by atoms with Crippen molar-refractivity contribution in [3.8, 4) is 0 Å². The Hall–Kier alpha value is -1.18. The molecule has 7 heteroatoms. The summed E-state index contributed by atoms with van der Waals surface area (Å²) in [7, 11) is -3.78. The Kier molecular flexibility index (Phi) is 4.66. The number of nitrogens with zero attached hydrogens (tertiary/aromatic N) is 1. The minimum Gasteiger partial charge on any atom is -0.480 e. The quantitative estimate of drug-likeness (QED) is 0.808. The number of rotatable bonds is 6. The molecular weight excluding hydrogens is 274 g/mol. The smallest absolute Gasteiger partial charge is 0.318 e. The Morgan fingerprint density at radius 3 is 2.56 bits per heavy atom. The first kappa shape index (κ1) is 14.9. The first-order chi connectivity index (χ1) is 8.28. The molecule has 100 valence electrons. The fourth-order valence-electron chi connectivity index (χ4n) is 1.55. The predicted octanol–water partition coefficient (Wildman–Crippen LogP) is 1.63. The highest BCUT2D eigenvalue weighted by atomic mass is 32.2. The van der Waals surface area contributed by atoms with Gasteiger partial charge in [0.2, 0.25) is 10.0 Å². The van der Waals surface area contributed by atoms with E-state index in [-0.39, 0.29) is 11.4 Å². The summed E-state index contributed by atoms with van der Waals surface area (Å²) in [5, 5.41) is 8.76. The van der Waals surface area contributed by atoms with Gasteiger partial charge in [0.05, 0.1) is 4.90 Å². The van der Waals surface area contributed by atoms with Crippen molar-refractivity contribution < 1.29 is 18.3 Å². The molecule has 0 atom stereocenters. The Balaban J connectivity index is 3.20. The van der Waals surface area contributed by atoms with E-state index < -0.39 is 22.5 Å². The molecule has 0 aliphatic carbocycles. The van der Waals surface area contributed by atoms with Crippen LogP contribution in [0.25, 0.3) is 0 Å². The number of thiophene rings is 1. The van der Waals surface area contributed by atoms with Crippen LogP contribution in [0.2, 0.25) is 0 Å². The van der Waals surface area contributed by atoms with Crippen molar-refractivity contribution in [2.75, 3.05) is 13.1 Å². The van der Waals surface area contributed by atoms with Crippen molar-refractivity contribution >= 4 is 27.3 Å². The Bertz CT molecular complexity index is 560. The topological polar surface area (TPSA) is 74.7 Å². The second kappa shape index (κ2) is 5.64. The number of hydrogen-bond donors (Lipinski definition) is 1. The van der Waals surface area contributed by atoms with Crippen LogP contribution < -0.4 is 0 Å². The molecule has 0 saturated carbocycles. The van der Waals surface area contributed by atoms with Crippen molar-refractivity contribution in [1.29, 1.82) is 0 Å². The standard InChI is InChI=1S/C11H15NO4S2/c1-4-5-12(7-11(13)14)18(15,16)10-6-8(2)17-9(10)3/h4,6H,1,5,7H2,2-3H3,(H,13,14). The zero-order valence-electron chi connectivity index (χ0n) is 10.2. The molecular formula is C11H15NO4S2. The normalized spacial score (nSPS) is 11.7. The summed E-state index contributed by atoms with van der Waals surface area (Å²) >= 11 is 1.37. The number of carboxylic acids is 1. The first-order valence-corrected chi connectivity index (χ1v) is 7.44. The molecule has 1 aromatic rings. The zero-order valence-corrected chi connectivity index (χ0v) is 11.8. The van der Waals surface area contributed by atoms with E-state index in [9.17, 15) is 13.2 Å². The molecule has 0 amide bonds. The summed E-state index contributed by atoms with van der Waals surface area (Å²) in [6, 6.07) is 1.56. The molecule has 0 aliphatic rings. The van der Waals surface area contributed by atoms with Crippen LogP contribution in [0.5, 0.6) is 0 Å². The van der Waals surface area contributed by atoms with Gasteiger partial charge in [-0.25, -0.2) is 8.42 Å². The molecule has 0 radical (unpaired) electrons.